The van der Waals surface area contributed by atoms with Crippen molar-refractivity contribution >= 4 is 93.6 Å². The van der Waals surface area contributed by atoms with E-state index in [1.165, 1.54) is 76.5 Å². The number of nitrogens with two attached hydrogens (primary N) is 1. The number of hydrazine groups is 1. The Bertz CT molecular complexity index is 3160. The highest BCUT2D eigenvalue weighted by Crippen LogP contribution is 2.29. The maximum atomic E-state index is 13.4. The second kappa shape index (κ2) is 29.2. The third-order valence-electron chi connectivity index (χ3n) is 9.35. The smallest absolute Gasteiger partial charge is 0.403 e. The van der Waals surface area contributed by atoms with Gasteiger partial charge in [-0.3, -0.25) is 29.4 Å². The summed E-state index contributed by atoms with van der Waals surface area (Å²) in [6, 6.07) is 14.0. The number of aryl methyl sites for hydroxylation is 2. The average Bonchev–Trinajstić information content (AvgIpc) is 4.03. The van der Waals surface area contributed by atoms with Crippen molar-refractivity contribution in [3.05, 3.63) is 128 Å². The number of aromatic nitrogens is 6. The van der Waals surface area contributed by atoms with Crippen LogP contribution in [0.25, 0.3) is 11.6 Å². The minimum Gasteiger partial charge on any atom is -0.468 e. The number of methoxy groups -OCH3 is 2. The first-order valence-electron chi connectivity index (χ1n) is 21.1. The van der Waals surface area contributed by atoms with Crippen molar-refractivity contribution < 1.29 is 75.0 Å². The summed E-state index contributed by atoms with van der Waals surface area (Å²) < 4.78 is 70.2. The zero-order valence-corrected chi connectivity index (χ0v) is 42.9. The van der Waals surface area contributed by atoms with E-state index in [1.807, 2.05) is 5.43 Å². The van der Waals surface area contributed by atoms with Gasteiger partial charge in [-0.2, -0.15) is 17.6 Å². The predicted molar refractivity (Wildman–Crippen MR) is 268 cm³/mol. The number of alkyl halides is 4. The number of carbonyl (C=O) groups is 6. The fourth-order valence-corrected chi connectivity index (χ4v) is 6.58. The molecule has 2 aromatic carbocycles. The lowest BCUT2D eigenvalue weighted by atomic mass is 10.0. The lowest BCUT2D eigenvalue weighted by Gasteiger charge is -2.15. The third-order valence-corrected chi connectivity index (χ3v) is 10.1. The van der Waals surface area contributed by atoms with Crippen molar-refractivity contribution in [2.45, 2.75) is 27.1 Å². The maximum absolute atomic E-state index is 13.4. The van der Waals surface area contributed by atoms with Crippen molar-refractivity contribution in [2.24, 2.45) is 16.2 Å². The van der Waals surface area contributed by atoms with Crippen LogP contribution in [-0.4, -0.2) is 125 Å². The van der Waals surface area contributed by atoms with E-state index >= 15 is 0 Å². The summed E-state index contributed by atoms with van der Waals surface area (Å²) in [7, 11) is 5.07. The van der Waals surface area contributed by atoms with Gasteiger partial charge in [0.1, 0.15) is 32.2 Å². The SMILES string of the molecule is COC(=O)Cl.CON=Cc1cc(C)c(NC(=O)c2cc(OC(F)F)nn2-c2ncccc2Cl)c(C(=O)NCC(=O)OC)c1.CON=Cc1cc(C)c(NC(=O)c2cc(OC(F)F)nn2-c2ncccc2Cl)c(C(=O)NN)c1. The molecule has 6 N–H and O–H groups in total. The number of nitrogen functional groups attached to an aromatic ring is 1. The normalized spacial score (nSPS) is 10.7. The molecule has 0 radical (unpaired) electrons. The van der Waals surface area contributed by atoms with E-state index in [9.17, 15) is 46.3 Å². The molecule has 0 saturated heterocycles. The van der Waals surface area contributed by atoms with Crippen LogP contribution < -0.4 is 36.7 Å². The monoisotopic (exact) mass is 1140 g/mol. The van der Waals surface area contributed by atoms with Crippen LogP contribution in [0.1, 0.15) is 63.9 Å². The predicted octanol–water partition coefficient (Wildman–Crippen LogP) is 6.62. The van der Waals surface area contributed by atoms with Crippen LogP contribution in [-0.2, 0) is 23.9 Å². The highest BCUT2D eigenvalue weighted by molar-refractivity contribution is 6.61. The molecule has 0 aliphatic carbocycles. The first-order chi connectivity index (χ1) is 36.7. The van der Waals surface area contributed by atoms with Crippen molar-refractivity contribution in [1.82, 2.24) is 40.3 Å². The van der Waals surface area contributed by atoms with E-state index in [4.69, 9.17) is 29.0 Å². The number of nitrogens with one attached hydrogen (secondary N) is 4. The third kappa shape index (κ3) is 17.3. The Morgan fingerprint density at radius 1 is 0.662 bits per heavy atom. The molecule has 0 aliphatic heterocycles. The number of esters is 1. The highest BCUT2D eigenvalue weighted by atomic mass is 35.5. The topological polar surface area (TPSA) is 318 Å². The van der Waals surface area contributed by atoms with E-state index in [1.54, 1.807) is 32.0 Å². The zero-order chi connectivity index (χ0) is 56.9. The molecule has 0 bridgehead atoms. The summed E-state index contributed by atoms with van der Waals surface area (Å²) >= 11 is 16.9. The van der Waals surface area contributed by atoms with E-state index < -0.39 is 66.6 Å². The van der Waals surface area contributed by atoms with E-state index in [0.717, 1.165) is 28.6 Å². The molecular formula is C45H42Cl3F4N13O12. The number of nitrogens with zero attached hydrogens (tertiary/aromatic N) is 8. The number of benzene rings is 2. The van der Waals surface area contributed by atoms with Gasteiger partial charge in [0, 0.05) is 36.1 Å². The largest absolute Gasteiger partial charge is 0.468 e. The number of pyridine rings is 2. The fraction of sp³-hybridized carbons (Fsp3) is 0.200. The fourth-order valence-electron chi connectivity index (χ4n) is 6.18. The van der Waals surface area contributed by atoms with Crippen molar-refractivity contribution in [3.63, 3.8) is 0 Å². The van der Waals surface area contributed by atoms with Gasteiger partial charge in [-0.15, -0.1) is 10.2 Å². The summed E-state index contributed by atoms with van der Waals surface area (Å²) in [6.07, 6.45) is 5.44. The molecule has 32 heteroatoms. The molecule has 0 atom stereocenters. The molecule has 6 rings (SSSR count). The maximum Gasteiger partial charge on any atom is 0.403 e. The molecule has 0 unspecified atom stereocenters. The molecule has 6 aromatic rings. The molecule has 0 saturated carbocycles. The standard InChI is InChI=1S/C23H21ClF2N6O6.C20H18ClF2N7O4.C2H3ClO2/c1-12-7-13(10-29-37-3)8-14(21(34)28-11-18(33)36-2)19(12)30-22(35)16-9-17(38-23(25)26)31-32(16)20-15(24)5-4-6-27-20;1-10-6-11(9-26-33-2)7-12(18(31)28-24)16(10)27-19(32)14-8-15(34-20(22)23)29-30(14)17-13(21)4-3-5-25-17;1-5-2(3)4/h4-10,23H,11H2,1-3H3,(H,28,34)(H,30,35);3-9,20H,24H2,1-2H3,(H,27,32)(H,28,31);1H3. The van der Waals surface area contributed by atoms with Crippen LogP contribution in [0, 0.1) is 13.8 Å². The van der Waals surface area contributed by atoms with E-state index in [0.29, 0.717) is 22.3 Å². The Morgan fingerprint density at radius 2 is 1.08 bits per heavy atom. The van der Waals surface area contributed by atoms with E-state index in [2.05, 4.69) is 86.7 Å². The summed E-state index contributed by atoms with van der Waals surface area (Å²) in [5.74, 6) is 0.379. The number of ether oxygens (including phenoxy) is 4. The van der Waals surface area contributed by atoms with Gasteiger partial charge in [0.15, 0.2) is 11.6 Å². The van der Waals surface area contributed by atoms with Gasteiger partial charge in [-0.05, 0) is 84.6 Å². The van der Waals surface area contributed by atoms with Gasteiger partial charge < -0.3 is 44.6 Å². The lowest BCUT2D eigenvalue weighted by Crippen LogP contribution is -2.31. The van der Waals surface area contributed by atoms with Crippen molar-refractivity contribution in [1.29, 1.82) is 0 Å². The minimum absolute atomic E-state index is 0.00112. The number of anilines is 2. The van der Waals surface area contributed by atoms with Gasteiger partial charge in [-0.1, -0.05) is 33.5 Å². The summed E-state index contributed by atoms with van der Waals surface area (Å²) in [4.78, 5) is 90.2. The second-order valence-electron chi connectivity index (χ2n) is 14.4. The quantitative estimate of drug-likeness (QED) is 0.0115. The Kier molecular flexibility index (Phi) is 23.0. The Hall–Kier alpha value is -8.93. The van der Waals surface area contributed by atoms with Gasteiger partial charge in [-0.25, -0.2) is 30.0 Å². The molecule has 0 spiro atoms. The number of amides is 4. The summed E-state index contributed by atoms with van der Waals surface area (Å²) in [5.41, 5.74) is 2.70. The van der Waals surface area contributed by atoms with Crippen molar-refractivity contribution in [3.8, 4) is 23.4 Å². The van der Waals surface area contributed by atoms with Crippen LogP contribution in [0.15, 0.2) is 83.4 Å². The van der Waals surface area contributed by atoms with Gasteiger partial charge in [0.25, 0.3) is 23.6 Å². The van der Waals surface area contributed by atoms with Crippen LogP contribution >= 0.6 is 34.8 Å². The van der Waals surface area contributed by atoms with Gasteiger partial charge >= 0.3 is 24.6 Å². The number of hydrogen-bond donors (Lipinski definition) is 5. The van der Waals surface area contributed by atoms with Crippen LogP contribution in [0.4, 0.5) is 33.7 Å². The molecule has 25 nitrogen and oxygen atoms in total. The van der Waals surface area contributed by atoms with Gasteiger partial charge in [0.2, 0.25) is 11.8 Å². The number of halogens is 7. The average molecular weight is 1140 g/mol. The molecule has 77 heavy (non-hydrogen) atoms. The minimum atomic E-state index is -3.21. The van der Waals surface area contributed by atoms with E-state index in [-0.39, 0.29) is 55.6 Å². The second-order valence-corrected chi connectivity index (χ2v) is 15.5. The molecule has 0 fully saturated rings. The first-order valence-corrected chi connectivity index (χ1v) is 22.3. The molecule has 0 aliphatic rings. The molecular weight excluding hydrogens is 1100 g/mol. The number of hydrogen-bond acceptors (Lipinski definition) is 19. The molecule has 4 amide bonds. The number of carbonyl (C=O) groups excluding carboxylic acids is 6. The lowest BCUT2D eigenvalue weighted by molar-refractivity contribution is -0.139. The Morgan fingerprint density at radius 3 is 1.43 bits per heavy atom. The molecule has 4 aromatic heterocycles. The Balaban J connectivity index is 0.000000307. The zero-order valence-electron chi connectivity index (χ0n) is 40.6. The molecule has 408 valence electrons. The van der Waals surface area contributed by atoms with Crippen LogP contribution in [0.5, 0.6) is 11.8 Å². The summed E-state index contributed by atoms with van der Waals surface area (Å²) in [5, 5.41) is 22.8. The van der Waals surface area contributed by atoms with Crippen LogP contribution in [0.3, 0.4) is 0 Å². The number of oxime groups is 2. The van der Waals surface area contributed by atoms with Crippen LogP contribution in [0.2, 0.25) is 10.0 Å². The number of rotatable bonds is 18. The van der Waals surface area contributed by atoms with Gasteiger partial charge in [0.05, 0.1) is 59.2 Å². The molecule has 4 heterocycles. The van der Waals surface area contributed by atoms with Crippen molar-refractivity contribution in [2.75, 3.05) is 45.6 Å². The first kappa shape index (κ1) is 60.6. The Labute approximate surface area is 447 Å². The summed E-state index contributed by atoms with van der Waals surface area (Å²) in [6.45, 7) is -3.58. The highest BCUT2D eigenvalue weighted by Gasteiger charge is 2.27.